The first-order chi connectivity index (χ1) is 4.99. The Balaban J connectivity index is 2.72. The summed E-state index contributed by atoms with van der Waals surface area (Å²) >= 11 is 0. The van der Waals surface area contributed by atoms with Crippen molar-refractivity contribution in [3.05, 3.63) is 12.0 Å². The second-order valence-corrected chi connectivity index (χ2v) is 1.81. The van der Waals surface area contributed by atoms with Gasteiger partial charge in [0.25, 0.3) is 0 Å². The van der Waals surface area contributed by atoms with E-state index in [0.717, 1.165) is 6.26 Å². The van der Waals surface area contributed by atoms with Gasteiger partial charge in [-0.3, -0.25) is 0 Å². The maximum Gasteiger partial charge on any atom is 0.573 e. The quantitative estimate of drug-likeness (QED) is 0.640. The SMILES string of the molecule is Cc1nocc1OC(F)(F)F. The molecule has 0 aliphatic heterocycles. The highest BCUT2D eigenvalue weighted by atomic mass is 19.4. The summed E-state index contributed by atoms with van der Waals surface area (Å²) in [5, 5.41) is 3.20. The highest BCUT2D eigenvalue weighted by Gasteiger charge is 2.32. The third-order valence-electron chi connectivity index (χ3n) is 0.932. The van der Waals surface area contributed by atoms with Gasteiger partial charge in [-0.2, -0.15) is 0 Å². The van der Waals surface area contributed by atoms with E-state index >= 15 is 0 Å². The monoisotopic (exact) mass is 167 g/mol. The minimum absolute atomic E-state index is 0.0716. The number of alkyl halides is 3. The first kappa shape index (κ1) is 7.90. The molecule has 1 aromatic heterocycles. The normalized spacial score (nSPS) is 11.6. The van der Waals surface area contributed by atoms with Crippen molar-refractivity contribution in [3.63, 3.8) is 0 Å². The Morgan fingerprint density at radius 2 is 2.18 bits per heavy atom. The van der Waals surface area contributed by atoms with Gasteiger partial charge in [0.05, 0.1) is 0 Å². The van der Waals surface area contributed by atoms with Crippen molar-refractivity contribution in [1.29, 1.82) is 0 Å². The Bertz CT molecular complexity index is 242. The lowest BCUT2D eigenvalue weighted by Crippen LogP contribution is -2.17. The minimum atomic E-state index is -4.68. The molecule has 62 valence electrons. The summed E-state index contributed by atoms with van der Waals surface area (Å²) in [5.41, 5.74) is 0.0716. The van der Waals surface area contributed by atoms with Crippen LogP contribution in [-0.2, 0) is 0 Å². The summed E-state index contributed by atoms with van der Waals surface area (Å²) in [5.74, 6) is -0.405. The van der Waals surface area contributed by atoms with Crippen LogP contribution in [-0.4, -0.2) is 11.5 Å². The number of hydrogen-bond donors (Lipinski definition) is 0. The first-order valence-electron chi connectivity index (χ1n) is 2.66. The molecule has 0 aliphatic carbocycles. The van der Waals surface area contributed by atoms with Gasteiger partial charge in [0.15, 0.2) is 12.0 Å². The third-order valence-corrected chi connectivity index (χ3v) is 0.932. The van der Waals surface area contributed by atoms with Gasteiger partial charge in [0.2, 0.25) is 0 Å². The fourth-order valence-corrected chi connectivity index (χ4v) is 0.506. The van der Waals surface area contributed by atoms with Crippen LogP contribution in [0.3, 0.4) is 0 Å². The molecule has 1 rings (SSSR count). The molecule has 6 heteroatoms. The minimum Gasteiger partial charge on any atom is -0.400 e. The summed E-state index contributed by atoms with van der Waals surface area (Å²) in [6, 6.07) is 0. The van der Waals surface area contributed by atoms with Crippen molar-refractivity contribution in [3.8, 4) is 5.75 Å². The van der Waals surface area contributed by atoms with Crippen molar-refractivity contribution in [1.82, 2.24) is 5.16 Å². The van der Waals surface area contributed by atoms with Gasteiger partial charge in [0, 0.05) is 0 Å². The van der Waals surface area contributed by atoms with Gasteiger partial charge in [-0.15, -0.1) is 13.2 Å². The number of rotatable bonds is 1. The van der Waals surface area contributed by atoms with Gasteiger partial charge >= 0.3 is 6.36 Å². The van der Waals surface area contributed by atoms with E-state index in [2.05, 4.69) is 14.4 Å². The molecule has 1 aromatic rings. The molecule has 3 nitrogen and oxygen atoms in total. The highest BCUT2D eigenvalue weighted by molar-refractivity contribution is 5.20. The zero-order valence-corrected chi connectivity index (χ0v) is 5.47. The lowest BCUT2D eigenvalue weighted by Gasteiger charge is -2.05. The standard InChI is InChI=1S/C5H4F3NO2/c1-3-4(2-10-9-3)11-5(6,7)8/h2H,1H3. The predicted octanol–water partition coefficient (Wildman–Crippen LogP) is 1.88. The second-order valence-electron chi connectivity index (χ2n) is 1.81. The van der Waals surface area contributed by atoms with E-state index in [1.807, 2.05) is 0 Å². The topological polar surface area (TPSA) is 35.3 Å². The molecule has 0 saturated heterocycles. The smallest absolute Gasteiger partial charge is 0.400 e. The molecule has 0 aromatic carbocycles. The van der Waals surface area contributed by atoms with E-state index in [1.165, 1.54) is 6.92 Å². The van der Waals surface area contributed by atoms with Crippen LogP contribution in [0.25, 0.3) is 0 Å². The Kier molecular flexibility index (Phi) is 1.76. The maximum absolute atomic E-state index is 11.5. The van der Waals surface area contributed by atoms with Crippen LogP contribution in [0.2, 0.25) is 0 Å². The molecule has 1 heterocycles. The molecule has 0 radical (unpaired) electrons. The van der Waals surface area contributed by atoms with E-state index < -0.39 is 12.1 Å². The molecule has 0 N–H and O–H groups in total. The molecule has 11 heavy (non-hydrogen) atoms. The van der Waals surface area contributed by atoms with E-state index in [-0.39, 0.29) is 5.69 Å². The lowest BCUT2D eigenvalue weighted by molar-refractivity contribution is -0.275. The van der Waals surface area contributed by atoms with Crippen LogP contribution in [0.5, 0.6) is 5.75 Å². The first-order valence-corrected chi connectivity index (χ1v) is 2.66. The van der Waals surface area contributed by atoms with Crippen LogP contribution in [0.15, 0.2) is 10.8 Å². The molecule has 0 unspecified atom stereocenters. The zero-order chi connectivity index (χ0) is 8.48. The van der Waals surface area contributed by atoms with Crippen molar-refractivity contribution >= 4 is 0 Å². The van der Waals surface area contributed by atoms with E-state index in [1.54, 1.807) is 0 Å². The van der Waals surface area contributed by atoms with Gasteiger partial charge < -0.3 is 9.26 Å². The van der Waals surface area contributed by atoms with Crippen molar-refractivity contribution in [2.75, 3.05) is 0 Å². The number of ether oxygens (including phenoxy) is 1. The summed E-state index contributed by atoms with van der Waals surface area (Å²) in [6.45, 7) is 1.35. The molecule has 0 fully saturated rings. The van der Waals surface area contributed by atoms with Crippen LogP contribution < -0.4 is 4.74 Å². The Morgan fingerprint density at radius 1 is 1.55 bits per heavy atom. The lowest BCUT2D eigenvalue weighted by atomic mass is 10.5. The maximum atomic E-state index is 11.5. The number of halogens is 3. The average molecular weight is 167 g/mol. The molecular weight excluding hydrogens is 163 g/mol. The number of nitrogens with zero attached hydrogens (tertiary/aromatic N) is 1. The van der Waals surface area contributed by atoms with Gasteiger partial charge in [0.1, 0.15) is 5.69 Å². The largest absolute Gasteiger partial charge is 0.573 e. The predicted molar refractivity (Wildman–Crippen MR) is 27.9 cm³/mol. The third kappa shape index (κ3) is 2.14. The molecule has 0 aliphatic rings. The average Bonchev–Trinajstić information content (AvgIpc) is 2.12. The molecule has 0 spiro atoms. The fourth-order valence-electron chi connectivity index (χ4n) is 0.506. The number of aryl methyl sites for hydroxylation is 1. The highest BCUT2D eigenvalue weighted by Crippen LogP contribution is 2.24. The summed E-state index contributed by atoms with van der Waals surface area (Å²) in [6.07, 6.45) is -3.89. The van der Waals surface area contributed by atoms with Crippen LogP contribution in [0.1, 0.15) is 5.69 Å². The van der Waals surface area contributed by atoms with Crippen molar-refractivity contribution < 1.29 is 22.4 Å². The zero-order valence-electron chi connectivity index (χ0n) is 5.47. The Labute approximate surface area is 59.7 Å². The van der Waals surface area contributed by atoms with E-state index in [9.17, 15) is 13.2 Å². The number of hydrogen-bond acceptors (Lipinski definition) is 3. The number of aromatic nitrogens is 1. The summed E-state index contributed by atoms with van der Waals surface area (Å²) in [7, 11) is 0. The molecule has 0 saturated carbocycles. The summed E-state index contributed by atoms with van der Waals surface area (Å²) in [4.78, 5) is 0. The van der Waals surface area contributed by atoms with Crippen molar-refractivity contribution in [2.45, 2.75) is 13.3 Å². The summed E-state index contributed by atoms with van der Waals surface area (Å²) < 4.78 is 42.3. The molecule has 0 atom stereocenters. The van der Waals surface area contributed by atoms with Crippen molar-refractivity contribution in [2.24, 2.45) is 0 Å². The molecule has 0 amide bonds. The van der Waals surface area contributed by atoms with E-state index in [4.69, 9.17) is 0 Å². The van der Waals surface area contributed by atoms with Gasteiger partial charge in [-0.25, -0.2) is 0 Å². The Morgan fingerprint density at radius 3 is 2.55 bits per heavy atom. The van der Waals surface area contributed by atoms with Crippen LogP contribution in [0, 0.1) is 6.92 Å². The fraction of sp³-hybridized carbons (Fsp3) is 0.400. The molecular formula is C5H4F3NO2. The van der Waals surface area contributed by atoms with Crippen LogP contribution in [0.4, 0.5) is 13.2 Å². The van der Waals surface area contributed by atoms with E-state index in [0.29, 0.717) is 0 Å². The van der Waals surface area contributed by atoms with Gasteiger partial charge in [-0.1, -0.05) is 5.16 Å². The Hall–Kier alpha value is -1.20. The molecule has 0 bridgehead atoms. The van der Waals surface area contributed by atoms with Crippen LogP contribution >= 0.6 is 0 Å². The van der Waals surface area contributed by atoms with Gasteiger partial charge in [-0.05, 0) is 6.92 Å². The second kappa shape index (κ2) is 2.44.